The number of pyridine rings is 1. The van der Waals surface area contributed by atoms with Crippen LogP contribution in [0.2, 0.25) is 0 Å². The summed E-state index contributed by atoms with van der Waals surface area (Å²) in [4.78, 5) is 4.10. The smallest absolute Gasteiger partial charge is 0.119 e. The van der Waals surface area contributed by atoms with E-state index in [9.17, 15) is 5.11 Å². The molecule has 0 aliphatic heterocycles. The van der Waals surface area contributed by atoms with Gasteiger partial charge in [-0.05, 0) is 34.2 Å². The van der Waals surface area contributed by atoms with Gasteiger partial charge in [-0.25, -0.2) is 0 Å². The molecule has 0 atom stereocenters. The summed E-state index contributed by atoms with van der Waals surface area (Å²) in [5, 5.41) is 9.94. The van der Waals surface area contributed by atoms with Crippen molar-refractivity contribution in [2.45, 2.75) is 32.6 Å². The highest BCUT2D eigenvalue weighted by Crippen LogP contribution is 2.28. The summed E-state index contributed by atoms with van der Waals surface area (Å²) in [5.41, 5.74) is 3.39. The molecule has 2 rings (SSSR count). The second kappa shape index (κ2) is 4.81. The third-order valence-electron chi connectivity index (χ3n) is 3.06. The van der Waals surface area contributed by atoms with Crippen molar-refractivity contribution >= 4 is 0 Å². The maximum atomic E-state index is 9.94. The van der Waals surface area contributed by atoms with Crippen LogP contribution in [0.3, 0.4) is 0 Å². The van der Waals surface area contributed by atoms with E-state index < -0.39 is 0 Å². The number of phenolic OH excluding ortho intramolecular Hbond substituents is 1. The molecule has 2 aromatic rings. The lowest BCUT2D eigenvalue weighted by atomic mass is 9.85. The molecule has 0 amide bonds. The molecule has 1 N–H and O–H groups in total. The van der Waals surface area contributed by atoms with Crippen LogP contribution in [-0.2, 0) is 11.8 Å². The number of hydrogen-bond donors (Lipinski definition) is 1. The monoisotopic (exact) mass is 241 g/mol. The molecule has 94 valence electrons. The third kappa shape index (κ3) is 2.89. The van der Waals surface area contributed by atoms with Crippen LogP contribution in [0.1, 0.15) is 37.5 Å². The van der Waals surface area contributed by atoms with Gasteiger partial charge < -0.3 is 5.11 Å². The van der Waals surface area contributed by atoms with Gasteiger partial charge in [0.1, 0.15) is 5.75 Å². The zero-order chi connectivity index (χ0) is 13.2. The summed E-state index contributed by atoms with van der Waals surface area (Å²) in [6, 6.07) is 9.80. The standard InChI is InChI=1S/C16H19NO/c1-16(2,3)14-6-7-15(18)13(10-14)9-12-5-4-8-17-11-12/h4-8,10-11,18H,9H2,1-3H3. The SMILES string of the molecule is CC(C)(C)c1ccc(O)c(Cc2cccnc2)c1. The average molecular weight is 241 g/mol. The van der Waals surface area contributed by atoms with Gasteiger partial charge in [0, 0.05) is 18.8 Å². The number of nitrogens with zero attached hydrogens (tertiary/aromatic N) is 1. The zero-order valence-corrected chi connectivity index (χ0v) is 11.1. The molecule has 2 nitrogen and oxygen atoms in total. The molecule has 1 heterocycles. The van der Waals surface area contributed by atoms with Crippen molar-refractivity contribution in [3.05, 3.63) is 59.4 Å². The van der Waals surface area contributed by atoms with Gasteiger partial charge in [0.25, 0.3) is 0 Å². The lowest BCUT2D eigenvalue weighted by molar-refractivity contribution is 0.468. The number of phenols is 1. The average Bonchev–Trinajstić information content (AvgIpc) is 2.32. The number of rotatable bonds is 2. The molecule has 1 aromatic carbocycles. The van der Waals surface area contributed by atoms with Crippen LogP contribution in [0.25, 0.3) is 0 Å². The largest absolute Gasteiger partial charge is 0.508 e. The molecule has 0 aliphatic carbocycles. The fourth-order valence-electron chi connectivity index (χ4n) is 1.92. The Morgan fingerprint density at radius 2 is 1.94 bits per heavy atom. The van der Waals surface area contributed by atoms with Crippen molar-refractivity contribution in [2.75, 3.05) is 0 Å². The van der Waals surface area contributed by atoms with Crippen LogP contribution in [0.4, 0.5) is 0 Å². The predicted octanol–water partition coefficient (Wildman–Crippen LogP) is 3.68. The van der Waals surface area contributed by atoms with E-state index in [4.69, 9.17) is 0 Å². The molecule has 0 fully saturated rings. The first-order valence-electron chi connectivity index (χ1n) is 6.18. The molecule has 0 radical (unpaired) electrons. The van der Waals surface area contributed by atoms with Crippen LogP contribution >= 0.6 is 0 Å². The minimum atomic E-state index is 0.0946. The molecule has 0 aliphatic rings. The van der Waals surface area contributed by atoms with E-state index in [1.807, 2.05) is 24.4 Å². The van der Waals surface area contributed by atoms with Crippen molar-refractivity contribution in [2.24, 2.45) is 0 Å². The molecule has 0 bridgehead atoms. The van der Waals surface area contributed by atoms with Crippen LogP contribution in [-0.4, -0.2) is 10.1 Å². The van der Waals surface area contributed by atoms with Crippen LogP contribution in [0, 0.1) is 0 Å². The van der Waals surface area contributed by atoms with Crippen molar-refractivity contribution in [3.63, 3.8) is 0 Å². The van der Waals surface area contributed by atoms with Gasteiger partial charge in [-0.1, -0.05) is 39.0 Å². The number of hydrogen-bond acceptors (Lipinski definition) is 2. The number of aromatic nitrogens is 1. The quantitative estimate of drug-likeness (QED) is 0.870. The van der Waals surface area contributed by atoms with E-state index in [2.05, 4.69) is 31.8 Å². The highest BCUT2D eigenvalue weighted by molar-refractivity contribution is 5.41. The van der Waals surface area contributed by atoms with E-state index in [0.717, 1.165) is 11.1 Å². The minimum absolute atomic E-state index is 0.0946. The first-order valence-corrected chi connectivity index (χ1v) is 6.18. The van der Waals surface area contributed by atoms with Crippen molar-refractivity contribution in [3.8, 4) is 5.75 Å². The third-order valence-corrected chi connectivity index (χ3v) is 3.06. The Hall–Kier alpha value is -1.83. The Morgan fingerprint density at radius 3 is 2.56 bits per heavy atom. The molecule has 0 unspecified atom stereocenters. The van der Waals surface area contributed by atoms with Gasteiger partial charge in [0.05, 0.1) is 0 Å². The Bertz CT molecular complexity index is 527. The maximum absolute atomic E-state index is 9.94. The number of aromatic hydroxyl groups is 1. The first kappa shape index (κ1) is 12.6. The van der Waals surface area contributed by atoms with Gasteiger partial charge in [0.2, 0.25) is 0 Å². The normalized spacial score (nSPS) is 11.5. The van der Waals surface area contributed by atoms with Crippen molar-refractivity contribution in [1.29, 1.82) is 0 Å². The molecular formula is C16H19NO. The topological polar surface area (TPSA) is 33.1 Å². The van der Waals surface area contributed by atoms with Gasteiger partial charge in [-0.15, -0.1) is 0 Å². The second-order valence-electron chi connectivity index (χ2n) is 5.63. The van der Waals surface area contributed by atoms with Crippen molar-refractivity contribution < 1.29 is 5.11 Å². The molecular weight excluding hydrogens is 222 g/mol. The fraction of sp³-hybridized carbons (Fsp3) is 0.312. The Kier molecular flexibility index (Phi) is 3.37. The Labute approximate surface area is 108 Å². The predicted molar refractivity (Wildman–Crippen MR) is 73.8 cm³/mol. The highest BCUT2D eigenvalue weighted by atomic mass is 16.3. The Balaban J connectivity index is 2.33. The van der Waals surface area contributed by atoms with Crippen LogP contribution < -0.4 is 0 Å². The zero-order valence-electron chi connectivity index (χ0n) is 11.1. The fourth-order valence-corrected chi connectivity index (χ4v) is 1.92. The number of benzene rings is 1. The lowest BCUT2D eigenvalue weighted by Crippen LogP contribution is -2.11. The van der Waals surface area contributed by atoms with Gasteiger partial charge in [-0.2, -0.15) is 0 Å². The molecule has 1 aromatic heterocycles. The van der Waals surface area contributed by atoms with E-state index >= 15 is 0 Å². The highest BCUT2D eigenvalue weighted by Gasteiger charge is 2.15. The van der Waals surface area contributed by atoms with Crippen LogP contribution in [0.5, 0.6) is 5.75 Å². The van der Waals surface area contributed by atoms with E-state index in [-0.39, 0.29) is 5.41 Å². The van der Waals surface area contributed by atoms with Gasteiger partial charge in [-0.3, -0.25) is 4.98 Å². The second-order valence-corrected chi connectivity index (χ2v) is 5.63. The molecule has 18 heavy (non-hydrogen) atoms. The maximum Gasteiger partial charge on any atom is 0.119 e. The summed E-state index contributed by atoms with van der Waals surface area (Å²) >= 11 is 0. The molecule has 0 saturated heterocycles. The Morgan fingerprint density at radius 1 is 1.17 bits per heavy atom. The summed E-state index contributed by atoms with van der Waals surface area (Å²) in [5.74, 6) is 0.354. The van der Waals surface area contributed by atoms with Crippen molar-refractivity contribution in [1.82, 2.24) is 4.98 Å². The molecule has 0 saturated carbocycles. The molecule has 0 spiro atoms. The van der Waals surface area contributed by atoms with E-state index in [1.165, 1.54) is 5.56 Å². The van der Waals surface area contributed by atoms with E-state index in [0.29, 0.717) is 12.2 Å². The summed E-state index contributed by atoms with van der Waals surface area (Å²) in [6.07, 6.45) is 4.31. The summed E-state index contributed by atoms with van der Waals surface area (Å²) < 4.78 is 0. The summed E-state index contributed by atoms with van der Waals surface area (Å²) in [7, 11) is 0. The van der Waals surface area contributed by atoms with E-state index in [1.54, 1.807) is 12.3 Å². The van der Waals surface area contributed by atoms with Gasteiger partial charge >= 0.3 is 0 Å². The summed E-state index contributed by atoms with van der Waals surface area (Å²) in [6.45, 7) is 6.52. The van der Waals surface area contributed by atoms with Gasteiger partial charge in [0.15, 0.2) is 0 Å². The minimum Gasteiger partial charge on any atom is -0.508 e. The van der Waals surface area contributed by atoms with Crippen LogP contribution in [0.15, 0.2) is 42.7 Å². The molecule has 2 heteroatoms. The first-order chi connectivity index (χ1) is 8.47. The lowest BCUT2D eigenvalue weighted by Gasteiger charge is -2.20.